The summed E-state index contributed by atoms with van der Waals surface area (Å²) in [5.41, 5.74) is 1.04. The lowest BCUT2D eigenvalue weighted by Gasteiger charge is -2.33. The number of piperidine rings is 1. The third-order valence-electron chi connectivity index (χ3n) is 6.70. The Kier molecular flexibility index (Phi) is 12.4. The number of hydrogen-bond acceptors (Lipinski definition) is 6. The van der Waals surface area contributed by atoms with Crippen molar-refractivity contribution in [3.05, 3.63) is 17.8 Å². The molecule has 2 aliphatic rings. The van der Waals surface area contributed by atoms with Crippen molar-refractivity contribution < 1.29 is 19.1 Å². The Morgan fingerprint density at radius 2 is 1.89 bits per heavy atom. The van der Waals surface area contributed by atoms with E-state index >= 15 is 0 Å². The first-order valence-electron chi connectivity index (χ1n) is 13.4. The van der Waals surface area contributed by atoms with Crippen molar-refractivity contribution in [3.8, 4) is 5.75 Å². The molecule has 3 rings (SSSR count). The van der Waals surface area contributed by atoms with Gasteiger partial charge < -0.3 is 20.1 Å². The molecule has 8 nitrogen and oxygen atoms in total. The first kappa shape index (κ1) is 30.3. The van der Waals surface area contributed by atoms with Crippen LogP contribution in [0.4, 0.5) is 5.82 Å². The van der Waals surface area contributed by atoms with Crippen molar-refractivity contribution >= 4 is 30.0 Å². The number of ether oxygens (including phenoxy) is 2. The zero-order chi connectivity index (χ0) is 25.4. The van der Waals surface area contributed by atoms with E-state index in [1.807, 2.05) is 31.0 Å². The van der Waals surface area contributed by atoms with Crippen molar-refractivity contribution in [3.63, 3.8) is 0 Å². The fourth-order valence-electron chi connectivity index (χ4n) is 4.80. The van der Waals surface area contributed by atoms with Crippen LogP contribution in [0.1, 0.15) is 65.9 Å². The van der Waals surface area contributed by atoms with Gasteiger partial charge in [0.05, 0.1) is 31.1 Å². The molecule has 1 saturated heterocycles. The maximum atomic E-state index is 13.7. The predicted octanol–water partition coefficient (Wildman–Crippen LogP) is 3.75. The highest BCUT2D eigenvalue weighted by Crippen LogP contribution is 2.35. The van der Waals surface area contributed by atoms with Gasteiger partial charge in [-0.3, -0.25) is 14.5 Å². The van der Waals surface area contributed by atoms with Gasteiger partial charge in [-0.1, -0.05) is 20.8 Å². The maximum Gasteiger partial charge on any atom is 0.232 e. The Morgan fingerprint density at radius 3 is 2.50 bits per heavy atom. The van der Waals surface area contributed by atoms with E-state index in [9.17, 15) is 9.59 Å². The molecule has 1 aliphatic carbocycles. The zero-order valence-electron chi connectivity index (χ0n) is 22.5. The van der Waals surface area contributed by atoms with Crippen molar-refractivity contribution in [2.45, 2.75) is 78.8 Å². The van der Waals surface area contributed by atoms with Gasteiger partial charge in [0.1, 0.15) is 11.6 Å². The highest BCUT2D eigenvalue weighted by atomic mass is 35.5. The first-order chi connectivity index (χ1) is 16.9. The standard InChI is InChI=1S/C27H44N4O4.ClH/c1-6-19-16-29-25(13-24(19)35-8-3)31(23-9-10-23)27(33)21-12-20(14-28-15-21)26(32)30-22(11-18(4)5)17-34-7-2;/h13,16,18,20-23,28H,6-12,14-15,17H2,1-5H3,(H,30,32);1H/t20-,21+,22+;/m0./s1. The minimum atomic E-state index is -0.265. The van der Waals surface area contributed by atoms with Crippen LogP contribution in [0.25, 0.3) is 0 Å². The van der Waals surface area contributed by atoms with Gasteiger partial charge in [-0.15, -0.1) is 12.4 Å². The summed E-state index contributed by atoms with van der Waals surface area (Å²) in [5.74, 6) is 1.44. The average Bonchev–Trinajstić information content (AvgIpc) is 3.68. The van der Waals surface area contributed by atoms with Crippen LogP contribution in [0.5, 0.6) is 5.75 Å². The number of aromatic nitrogens is 1. The molecule has 36 heavy (non-hydrogen) atoms. The largest absolute Gasteiger partial charge is 0.493 e. The van der Waals surface area contributed by atoms with Crippen LogP contribution in [-0.4, -0.2) is 61.8 Å². The van der Waals surface area contributed by atoms with Crippen LogP contribution >= 0.6 is 12.4 Å². The number of halogens is 1. The van der Waals surface area contributed by atoms with Gasteiger partial charge in [0.25, 0.3) is 0 Å². The predicted molar refractivity (Wildman–Crippen MR) is 145 cm³/mol. The lowest BCUT2D eigenvalue weighted by molar-refractivity contribution is -0.129. The fraction of sp³-hybridized carbons (Fsp3) is 0.741. The summed E-state index contributed by atoms with van der Waals surface area (Å²) in [6.07, 6.45) is 6.01. The molecule has 2 amide bonds. The Labute approximate surface area is 222 Å². The average molecular weight is 525 g/mol. The van der Waals surface area contributed by atoms with E-state index in [1.165, 1.54) is 0 Å². The minimum absolute atomic E-state index is 0. The molecule has 2 heterocycles. The molecule has 2 N–H and O–H groups in total. The zero-order valence-corrected chi connectivity index (χ0v) is 23.4. The lowest BCUT2D eigenvalue weighted by Crippen LogP contribution is -2.51. The second kappa shape index (κ2) is 14.7. The number of nitrogens with one attached hydrogen (secondary N) is 2. The Hall–Kier alpha value is -1.90. The number of pyridine rings is 1. The molecule has 1 aromatic heterocycles. The minimum Gasteiger partial charge on any atom is -0.493 e. The van der Waals surface area contributed by atoms with Crippen molar-refractivity contribution in [2.75, 3.05) is 37.8 Å². The molecule has 1 aromatic rings. The van der Waals surface area contributed by atoms with Gasteiger partial charge in [-0.05, 0) is 51.9 Å². The Balaban J connectivity index is 0.00000456. The van der Waals surface area contributed by atoms with E-state index < -0.39 is 0 Å². The molecular formula is C27H45ClN4O4. The molecule has 0 unspecified atom stereocenters. The smallest absolute Gasteiger partial charge is 0.232 e. The molecule has 204 valence electrons. The van der Waals surface area contributed by atoms with Crippen molar-refractivity contribution in [1.82, 2.24) is 15.6 Å². The van der Waals surface area contributed by atoms with Crippen LogP contribution in [0.15, 0.2) is 12.3 Å². The van der Waals surface area contributed by atoms with E-state index in [-0.39, 0.29) is 48.1 Å². The topological polar surface area (TPSA) is 92.8 Å². The summed E-state index contributed by atoms with van der Waals surface area (Å²) >= 11 is 0. The SMILES string of the molecule is CCOC[C@@H](CC(C)C)NC(=O)[C@@H]1CNC[C@H](C(=O)N(c2cc(OCC)c(CC)cn2)C2CC2)C1.Cl. The van der Waals surface area contributed by atoms with E-state index in [4.69, 9.17) is 9.47 Å². The second-order valence-corrected chi connectivity index (χ2v) is 10.2. The van der Waals surface area contributed by atoms with Crippen LogP contribution < -0.4 is 20.3 Å². The van der Waals surface area contributed by atoms with Crippen LogP contribution in [0.3, 0.4) is 0 Å². The van der Waals surface area contributed by atoms with Crippen LogP contribution in [-0.2, 0) is 20.7 Å². The van der Waals surface area contributed by atoms with Crippen LogP contribution in [0.2, 0.25) is 0 Å². The highest BCUT2D eigenvalue weighted by molar-refractivity contribution is 5.96. The number of anilines is 1. The summed E-state index contributed by atoms with van der Waals surface area (Å²) < 4.78 is 11.4. The number of nitrogens with zero attached hydrogens (tertiary/aromatic N) is 2. The van der Waals surface area contributed by atoms with Crippen molar-refractivity contribution in [2.24, 2.45) is 17.8 Å². The molecular weight excluding hydrogens is 480 g/mol. The number of amides is 2. The molecule has 9 heteroatoms. The number of rotatable bonds is 13. The molecule has 0 aromatic carbocycles. The molecule has 3 atom stereocenters. The quantitative estimate of drug-likeness (QED) is 0.408. The van der Waals surface area contributed by atoms with E-state index in [2.05, 4.69) is 36.4 Å². The third-order valence-corrected chi connectivity index (χ3v) is 6.70. The molecule has 0 radical (unpaired) electrons. The number of aryl methyl sites for hydroxylation is 1. The summed E-state index contributed by atoms with van der Waals surface area (Å²) in [5, 5.41) is 6.52. The van der Waals surface area contributed by atoms with E-state index in [1.54, 1.807) is 0 Å². The van der Waals surface area contributed by atoms with Crippen molar-refractivity contribution in [1.29, 1.82) is 0 Å². The molecule has 1 aliphatic heterocycles. The molecule has 0 spiro atoms. The Morgan fingerprint density at radius 1 is 1.17 bits per heavy atom. The van der Waals surface area contributed by atoms with Gasteiger partial charge in [0.15, 0.2) is 0 Å². The summed E-state index contributed by atoms with van der Waals surface area (Å²) in [6, 6.07) is 2.07. The first-order valence-corrected chi connectivity index (χ1v) is 13.4. The van der Waals surface area contributed by atoms with E-state index in [0.717, 1.165) is 37.0 Å². The summed E-state index contributed by atoms with van der Waals surface area (Å²) in [4.78, 5) is 33.4. The molecule has 2 fully saturated rings. The number of carbonyl (C=O) groups excluding carboxylic acids is 2. The fourth-order valence-corrected chi connectivity index (χ4v) is 4.80. The van der Waals surface area contributed by atoms with Gasteiger partial charge in [0, 0.05) is 43.6 Å². The maximum absolute atomic E-state index is 13.7. The van der Waals surface area contributed by atoms with Crippen LogP contribution in [0, 0.1) is 17.8 Å². The normalized spacial score (nSPS) is 20.4. The highest BCUT2D eigenvalue weighted by Gasteiger charge is 2.40. The Bertz CT molecular complexity index is 849. The van der Waals surface area contributed by atoms with Gasteiger partial charge in [-0.25, -0.2) is 4.98 Å². The third kappa shape index (κ3) is 8.32. The second-order valence-electron chi connectivity index (χ2n) is 10.2. The number of carbonyl (C=O) groups is 2. The lowest BCUT2D eigenvalue weighted by atomic mass is 9.88. The van der Waals surface area contributed by atoms with Gasteiger partial charge in [-0.2, -0.15) is 0 Å². The summed E-state index contributed by atoms with van der Waals surface area (Å²) in [6.45, 7) is 13.2. The van der Waals surface area contributed by atoms with E-state index in [0.29, 0.717) is 51.1 Å². The number of hydrogen-bond donors (Lipinski definition) is 2. The molecule has 0 bridgehead atoms. The molecule has 1 saturated carbocycles. The van der Waals surface area contributed by atoms with Gasteiger partial charge >= 0.3 is 0 Å². The summed E-state index contributed by atoms with van der Waals surface area (Å²) in [7, 11) is 0. The monoisotopic (exact) mass is 524 g/mol. The van der Waals surface area contributed by atoms with Gasteiger partial charge in [0.2, 0.25) is 11.8 Å².